The normalized spacial score (nSPS) is 27.1. The summed E-state index contributed by atoms with van der Waals surface area (Å²) in [5.74, 6) is 1.22. The Bertz CT molecular complexity index is 1890. The Morgan fingerprint density at radius 3 is 2.37 bits per heavy atom. The molecular formula is C47H66N6O6. The molecule has 0 radical (unpaired) electrons. The number of ether oxygens (including phenoxy) is 2. The van der Waals surface area contributed by atoms with Crippen molar-refractivity contribution in [3.8, 4) is 0 Å². The van der Waals surface area contributed by atoms with Crippen LogP contribution < -0.4 is 27.0 Å². The smallest absolute Gasteiger partial charge is 0.431 e. The van der Waals surface area contributed by atoms with Crippen LogP contribution in [-0.4, -0.2) is 59.3 Å². The van der Waals surface area contributed by atoms with Gasteiger partial charge in [-0.1, -0.05) is 63.6 Å². The minimum absolute atomic E-state index is 0.0195. The van der Waals surface area contributed by atoms with Crippen molar-refractivity contribution in [1.82, 2.24) is 20.9 Å². The highest BCUT2D eigenvalue weighted by atomic mass is 16.7. The Morgan fingerprint density at radius 2 is 1.69 bits per heavy atom. The quantitative estimate of drug-likeness (QED) is 0.0724. The molecular weight excluding hydrogens is 745 g/mol. The first kappa shape index (κ1) is 43.9. The van der Waals surface area contributed by atoms with Gasteiger partial charge in [-0.2, -0.15) is 0 Å². The lowest BCUT2D eigenvalue weighted by atomic mass is 9.47. The fourth-order valence-electron chi connectivity index (χ4n) is 10.5. The molecule has 2 fully saturated rings. The molecule has 0 spiro atoms. The number of hydrogen-bond donors (Lipinski definition) is 5. The number of benzene rings is 1. The van der Waals surface area contributed by atoms with Crippen molar-refractivity contribution >= 4 is 35.3 Å². The maximum Gasteiger partial charge on any atom is 0.508 e. The molecule has 4 amide bonds. The van der Waals surface area contributed by atoms with Gasteiger partial charge in [0.2, 0.25) is 11.8 Å². The summed E-state index contributed by atoms with van der Waals surface area (Å²) in [7, 11) is 0. The van der Waals surface area contributed by atoms with Crippen LogP contribution in [0.5, 0.6) is 0 Å². The Labute approximate surface area is 350 Å². The summed E-state index contributed by atoms with van der Waals surface area (Å²) >= 11 is 0. The van der Waals surface area contributed by atoms with Gasteiger partial charge >= 0.3 is 12.2 Å². The molecule has 0 saturated heterocycles. The zero-order chi connectivity index (χ0) is 42.5. The number of primary amides is 1. The van der Waals surface area contributed by atoms with Gasteiger partial charge in [-0.05, 0) is 142 Å². The molecule has 59 heavy (non-hydrogen) atoms. The lowest BCUT2D eigenvalue weighted by Crippen LogP contribution is -2.57. The van der Waals surface area contributed by atoms with Gasteiger partial charge in [0.15, 0.2) is 0 Å². The minimum Gasteiger partial charge on any atom is -0.431 e. The van der Waals surface area contributed by atoms with Crippen LogP contribution >= 0.6 is 0 Å². The number of fused-ring (bicyclic) bond motifs is 5. The van der Waals surface area contributed by atoms with Crippen LogP contribution in [0.25, 0.3) is 5.57 Å². The Morgan fingerprint density at radius 1 is 0.949 bits per heavy atom. The van der Waals surface area contributed by atoms with Crippen molar-refractivity contribution < 1.29 is 28.7 Å². The molecule has 1 aromatic heterocycles. The second-order valence-corrected chi connectivity index (χ2v) is 19.1. The Kier molecular flexibility index (Phi) is 13.6. The van der Waals surface area contributed by atoms with Gasteiger partial charge in [-0.3, -0.25) is 14.6 Å². The van der Waals surface area contributed by atoms with Gasteiger partial charge in [0.25, 0.3) is 0 Å². The van der Waals surface area contributed by atoms with Gasteiger partial charge in [0.1, 0.15) is 18.8 Å². The number of carbonyl (C=O) groups is 4. The zero-order valence-electron chi connectivity index (χ0n) is 36.1. The van der Waals surface area contributed by atoms with Crippen molar-refractivity contribution in [3.63, 3.8) is 0 Å². The number of nitrogens with two attached hydrogens (primary N) is 1. The third kappa shape index (κ3) is 10.4. The molecule has 12 nitrogen and oxygen atoms in total. The maximum atomic E-state index is 13.5. The Balaban J connectivity index is 0.991. The van der Waals surface area contributed by atoms with Crippen molar-refractivity contribution in [3.05, 3.63) is 77.6 Å². The fourth-order valence-corrected chi connectivity index (χ4v) is 10.5. The number of allylic oxidation sites excluding steroid dienone is 3. The molecule has 4 aliphatic carbocycles. The van der Waals surface area contributed by atoms with E-state index in [9.17, 15) is 19.2 Å². The average Bonchev–Trinajstić information content (AvgIpc) is 3.55. The van der Waals surface area contributed by atoms with Gasteiger partial charge in [0, 0.05) is 36.6 Å². The average molecular weight is 811 g/mol. The molecule has 6 N–H and O–H groups in total. The number of anilines is 1. The number of carbonyl (C=O) groups excluding carboxylic acids is 4. The molecule has 2 aromatic rings. The van der Waals surface area contributed by atoms with Gasteiger partial charge in [-0.25, -0.2) is 9.59 Å². The standard InChI is InChI=1S/C47H66N6O6/c1-29(2)40(53-45(3,4)5)42(55)52-39(11-9-25-50-43(48)56)41(54)51-33-15-12-30(13-16-33)28-58-44(57)59-34-20-22-46(6)32(26-34)14-17-35-37-19-18-36(31-10-8-24-49-27-31)47(37,7)23-21-38(35)46/h8,10,12-16,18,24,27,29,34-35,37-40,53H,9,11,17,19-23,25-26,28H2,1-7H3,(H,51,54)(H,52,55)(H3,48,50,56)/t34-,35-,37-,38-,39-,40-,46-,47+/m0/s1. The molecule has 0 aliphatic heterocycles. The van der Waals surface area contributed by atoms with E-state index in [1.54, 1.807) is 24.3 Å². The number of nitrogens with zero attached hydrogens (tertiary/aromatic N) is 1. The zero-order valence-corrected chi connectivity index (χ0v) is 36.1. The molecule has 2 saturated carbocycles. The highest BCUT2D eigenvalue weighted by Crippen LogP contribution is 2.66. The Hall–Kier alpha value is -4.71. The predicted octanol–water partition coefficient (Wildman–Crippen LogP) is 8.04. The number of amides is 4. The number of nitrogens with one attached hydrogen (secondary N) is 4. The monoisotopic (exact) mass is 811 g/mol. The van der Waals surface area contributed by atoms with Crippen LogP contribution in [0.2, 0.25) is 0 Å². The molecule has 1 heterocycles. The van der Waals surface area contributed by atoms with E-state index in [1.165, 1.54) is 29.6 Å². The highest BCUT2D eigenvalue weighted by Gasteiger charge is 2.57. The maximum absolute atomic E-state index is 13.5. The number of aromatic nitrogens is 1. The summed E-state index contributed by atoms with van der Waals surface area (Å²) in [6.07, 6.45) is 15.8. The summed E-state index contributed by atoms with van der Waals surface area (Å²) in [5.41, 5.74) is 10.6. The van der Waals surface area contributed by atoms with E-state index in [0.29, 0.717) is 29.9 Å². The molecule has 320 valence electrons. The van der Waals surface area contributed by atoms with Crippen molar-refractivity contribution in [2.75, 3.05) is 11.9 Å². The van der Waals surface area contributed by atoms with E-state index in [0.717, 1.165) is 37.7 Å². The van der Waals surface area contributed by atoms with Crippen molar-refractivity contribution in [1.29, 1.82) is 0 Å². The first-order chi connectivity index (χ1) is 28.0. The van der Waals surface area contributed by atoms with E-state index >= 15 is 0 Å². The first-order valence-corrected chi connectivity index (χ1v) is 21.6. The summed E-state index contributed by atoms with van der Waals surface area (Å²) in [5, 5.41) is 11.7. The summed E-state index contributed by atoms with van der Waals surface area (Å²) in [6, 6.07) is 9.25. The van der Waals surface area contributed by atoms with E-state index in [-0.39, 0.29) is 59.8 Å². The lowest BCUT2D eigenvalue weighted by Gasteiger charge is -2.57. The third-order valence-electron chi connectivity index (χ3n) is 13.6. The SMILES string of the molecule is CC(C)[C@H](NC(C)(C)C)C(=O)N[C@@H](CCCNC(N)=O)C(=O)Nc1ccc(COC(=O)O[C@H]2CC[C@@]3(C)C(=CC[C@@H]4[C@@H]3CC[C@]3(C)C(c5cccnc5)=CC[C@@H]43)C2)cc1. The molecule has 1 aromatic carbocycles. The van der Waals surface area contributed by atoms with E-state index in [4.69, 9.17) is 15.2 Å². The van der Waals surface area contributed by atoms with Crippen molar-refractivity contribution in [2.45, 2.75) is 137 Å². The highest BCUT2D eigenvalue weighted by molar-refractivity contribution is 5.98. The minimum atomic E-state index is -0.851. The van der Waals surface area contributed by atoms with Crippen LogP contribution in [0.15, 0.2) is 66.5 Å². The molecule has 6 rings (SSSR count). The van der Waals surface area contributed by atoms with Crippen LogP contribution in [0, 0.1) is 34.5 Å². The predicted molar refractivity (Wildman–Crippen MR) is 230 cm³/mol. The van der Waals surface area contributed by atoms with E-state index in [1.807, 2.05) is 53.1 Å². The van der Waals surface area contributed by atoms with E-state index in [2.05, 4.69) is 58.3 Å². The van der Waals surface area contributed by atoms with E-state index < -0.39 is 24.3 Å². The molecule has 12 heteroatoms. The topological polar surface area (TPSA) is 174 Å². The van der Waals surface area contributed by atoms with Crippen LogP contribution in [0.3, 0.4) is 0 Å². The lowest BCUT2D eigenvalue weighted by molar-refractivity contribution is -0.129. The number of hydrogen-bond acceptors (Lipinski definition) is 8. The second kappa shape index (κ2) is 18.3. The van der Waals surface area contributed by atoms with Crippen molar-refractivity contribution in [2.24, 2.45) is 40.2 Å². The van der Waals surface area contributed by atoms with Crippen LogP contribution in [0.1, 0.15) is 117 Å². The third-order valence-corrected chi connectivity index (χ3v) is 13.6. The largest absolute Gasteiger partial charge is 0.508 e. The fraction of sp³-hybridized carbons (Fsp3) is 0.596. The molecule has 8 atom stereocenters. The summed E-state index contributed by atoms with van der Waals surface area (Å²) < 4.78 is 11.5. The summed E-state index contributed by atoms with van der Waals surface area (Å²) in [4.78, 5) is 55.4. The number of rotatable bonds is 14. The van der Waals surface area contributed by atoms with Gasteiger partial charge in [-0.15, -0.1) is 0 Å². The second-order valence-electron chi connectivity index (χ2n) is 19.1. The summed E-state index contributed by atoms with van der Waals surface area (Å²) in [6.45, 7) is 15.1. The van der Waals surface area contributed by atoms with Gasteiger partial charge in [0.05, 0.1) is 6.04 Å². The number of urea groups is 1. The number of pyridine rings is 1. The van der Waals surface area contributed by atoms with Crippen LogP contribution in [-0.2, 0) is 25.7 Å². The first-order valence-electron chi connectivity index (χ1n) is 21.6. The van der Waals surface area contributed by atoms with Gasteiger partial charge < -0.3 is 36.5 Å². The molecule has 0 unspecified atom stereocenters. The molecule has 0 bridgehead atoms. The van der Waals surface area contributed by atoms with Crippen LogP contribution in [0.4, 0.5) is 15.3 Å². The molecule has 4 aliphatic rings.